The number of hydrogen-bond donors (Lipinski definition) is 2. The summed E-state index contributed by atoms with van der Waals surface area (Å²) in [5.41, 5.74) is 1.87. The number of urea groups is 1. The standard InChI is InChI=1S/C16H16N2O3/c19-16(18-13-4-2-1-3-5-13)17-9-8-12-6-7-14-15(10-12)21-11-20-14/h1-7,10H,8-9,11H2,(H2,17,18,19). The Hall–Kier alpha value is -2.69. The van der Waals surface area contributed by atoms with Crippen LogP contribution < -0.4 is 20.1 Å². The van der Waals surface area contributed by atoms with Crippen LogP contribution in [0.2, 0.25) is 0 Å². The van der Waals surface area contributed by atoms with Crippen LogP contribution in [0.1, 0.15) is 5.56 Å². The molecule has 2 amide bonds. The maximum Gasteiger partial charge on any atom is 0.319 e. The zero-order valence-electron chi connectivity index (χ0n) is 11.5. The minimum absolute atomic E-state index is 0.207. The third-order valence-corrected chi connectivity index (χ3v) is 3.17. The van der Waals surface area contributed by atoms with Crippen molar-refractivity contribution in [2.24, 2.45) is 0 Å². The minimum Gasteiger partial charge on any atom is -0.454 e. The van der Waals surface area contributed by atoms with Gasteiger partial charge in [0.25, 0.3) is 0 Å². The quantitative estimate of drug-likeness (QED) is 0.907. The van der Waals surface area contributed by atoms with E-state index in [1.165, 1.54) is 0 Å². The third-order valence-electron chi connectivity index (χ3n) is 3.17. The largest absolute Gasteiger partial charge is 0.454 e. The third kappa shape index (κ3) is 3.45. The minimum atomic E-state index is -0.207. The number of carbonyl (C=O) groups excluding carboxylic acids is 1. The van der Waals surface area contributed by atoms with Crippen molar-refractivity contribution in [1.82, 2.24) is 5.32 Å². The monoisotopic (exact) mass is 284 g/mol. The van der Waals surface area contributed by atoms with Gasteiger partial charge in [-0.15, -0.1) is 0 Å². The summed E-state index contributed by atoms with van der Waals surface area (Å²) >= 11 is 0. The van der Waals surface area contributed by atoms with E-state index in [0.29, 0.717) is 6.54 Å². The van der Waals surface area contributed by atoms with Crippen LogP contribution in [-0.4, -0.2) is 19.4 Å². The highest BCUT2D eigenvalue weighted by Gasteiger charge is 2.12. The number of anilines is 1. The normalized spacial score (nSPS) is 12.0. The molecule has 1 heterocycles. The van der Waals surface area contributed by atoms with Crippen LogP contribution in [0.3, 0.4) is 0 Å². The molecule has 1 aliphatic rings. The Balaban J connectivity index is 1.46. The van der Waals surface area contributed by atoms with E-state index in [1.807, 2.05) is 48.5 Å². The van der Waals surface area contributed by atoms with E-state index in [1.54, 1.807) is 0 Å². The van der Waals surface area contributed by atoms with E-state index in [-0.39, 0.29) is 12.8 Å². The lowest BCUT2D eigenvalue weighted by Crippen LogP contribution is -2.30. The smallest absolute Gasteiger partial charge is 0.319 e. The van der Waals surface area contributed by atoms with Gasteiger partial charge in [-0.3, -0.25) is 0 Å². The average molecular weight is 284 g/mol. The molecule has 108 valence electrons. The highest BCUT2D eigenvalue weighted by Crippen LogP contribution is 2.32. The van der Waals surface area contributed by atoms with Crippen molar-refractivity contribution < 1.29 is 14.3 Å². The van der Waals surface area contributed by atoms with Gasteiger partial charge in [-0.2, -0.15) is 0 Å². The van der Waals surface area contributed by atoms with Gasteiger partial charge in [-0.05, 0) is 36.2 Å². The zero-order valence-corrected chi connectivity index (χ0v) is 11.5. The van der Waals surface area contributed by atoms with Crippen LogP contribution in [0.5, 0.6) is 11.5 Å². The number of ether oxygens (including phenoxy) is 2. The highest BCUT2D eigenvalue weighted by atomic mass is 16.7. The number of amides is 2. The van der Waals surface area contributed by atoms with Crippen LogP contribution in [0.4, 0.5) is 10.5 Å². The fourth-order valence-electron chi connectivity index (χ4n) is 2.11. The number of benzene rings is 2. The second-order valence-corrected chi connectivity index (χ2v) is 4.68. The molecule has 5 heteroatoms. The molecule has 0 unspecified atom stereocenters. The Bertz CT molecular complexity index is 629. The topological polar surface area (TPSA) is 59.6 Å². The molecule has 0 saturated heterocycles. The summed E-state index contributed by atoms with van der Waals surface area (Å²) in [5, 5.41) is 5.60. The molecule has 5 nitrogen and oxygen atoms in total. The predicted octanol–water partition coefficient (Wildman–Crippen LogP) is 2.78. The van der Waals surface area contributed by atoms with Crippen LogP contribution >= 0.6 is 0 Å². The van der Waals surface area contributed by atoms with Gasteiger partial charge >= 0.3 is 6.03 Å². The maximum atomic E-state index is 11.7. The predicted molar refractivity (Wildman–Crippen MR) is 79.7 cm³/mol. The molecule has 0 bridgehead atoms. The molecule has 1 aliphatic heterocycles. The van der Waals surface area contributed by atoms with Crippen LogP contribution in [-0.2, 0) is 6.42 Å². The Morgan fingerprint density at radius 2 is 1.86 bits per heavy atom. The Kier molecular flexibility index (Phi) is 3.91. The first-order chi connectivity index (χ1) is 10.3. The lowest BCUT2D eigenvalue weighted by molar-refractivity contribution is 0.174. The summed E-state index contributed by atoms with van der Waals surface area (Å²) in [6, 6.07) is 15.0. The van der Waals surface area contributed by atoms with Crippen molar-refractivity contribution in [3.63, 3.8) is 0 Å². The molecule has 0 atom stereocenters. The molecule has 21 heavy (non-hydrogen) atoms. The van der Waals surface area contributed by atoms with Crippen LogP contribution in [0.25, 0.3) is 0 Å². The van der Waals surface area contributed by atoms with Crippen molar-refractivity contribution in [3.05, 3.63) is 54.1 Å². The van der Waals surface area contributed by atoms with E-state index >= 15 is 0 Å². The van der Waals surface area contributed by atoms with E-state index in [9.17, 15) is 4.79 Å². The molecule has 0 aliphatic carbocycles. The number of hydrogen-bond acceptors (Lipinski definition) is 3. The first-order valence-electron chi connectivity index (χ1n) is 6.80. The molecular weight excluding hydrogens is 268 g/mol. The van der Waals surface area contributed by atoms with Gasteiger partial charge in [-0.1, -0.05) is 24.3 Å². The van der Waals surface area contributed by atoms with E-state index in [4.69, 9.17) is 9.47 Å². The molecule has 0 radical (unpaired) electrons. The van der Waals surface area contributed by atoms with E-state index in [2.05, 4.69) is 10.6 Å². The van der Waals surface area contributed by atoms with Gasteiger partial charge in [0.15, 0.2) is 11.5 Å². The number of fused-ring (bicyclic) bond motifs is 1. The Morgan fingerprint density at radius 1 is 1.05 bits per heavy atom. The van der Waals surface area contributed by atoms with Crippen molar-refractivity contribution in [3.8, 4) is 11.5 Å². The summed E-state index contributed by atoms with van der Waals surface area (Å²) in [7, 11) is 0. The summed E-state index contributed by atoms with van der Waals surface area (Å²) in [4.78, 5) is 11.7. The molecule has 0 saturated carbocycles. The molecule has 0 spiro atoms. The van der Waals surface area contributed by atoms with Gasteiger partial charge in [0.2, 0.25) is 6.79 Å². The van der Waals surface area contributed by atoms with Gasteiger partial charge in [0.05, 0.1) is 0 Å². The van der Waals surface area contributed by atoms with Gasteiger partial charge in [0, 0.05) is 12.2 Å². The lowest BCUT2D eigenvalue weighted by Gasteiger charge is -2.08. The maximum absolute atomic E-state index is 11.7. The van der Waals surface area contributed by atoms with Crippen molar-refractivity contribution in [2.75, 3.05) is 18.7 Å². The molecular formula is C16H16N2O3. The first-order valence-corrected chi connectivity index (χ1v) is 6.80. The number of nitrogens with one attached hydrogen (secondary N) is 2. The molecule has 2 aromatic rings. The number of carbonyl (C=O) groups is 1. The molecule has 3 rings (SSSR count). The van der Waals surface area contributed by atoms with Gasteiger partial charge < -0.3 is 20.1 Å². The Labute approximate surface area is 122 Å². The lowest BCUT2D eigenvalue weighted by atomic mass is 10.1. The van der Waals surface area contributed by atoms with Crippen LogP contribution in [0, 0.1) is 0 Å². The molecule has 2 aromatic carbocycles. The summed E-state index contributed by atoms with van der Waals surface area (Å²) in [6.07, 6.45) is 0.735. The van der Waals surface area contributed by atoms with Crippen molar-refractivity contribution >= 4 is 11.7 Å². The second kappa shape index (κ2) is 6.17. The van der Waals surface area contributed by atoms with E-state index < -0.39 is 0 Å². The van der Waals surface area contributed by atoms with Gasteiger partial charge in [-0.25, -0.2) is 4.79 Å². The van der Waals surface area contributed by atoms with Crippen LogP contribution in [0.15, 0.2) is 48.5 Å². The zero-order chi connectivity index (χ0) is 14.5. The van der Waals surface area contributed by atoms with Crippen molar-refractivity contribution in [1.29, 1.82) is 0 Å². The molecule has 0 aromatic heterocycles. The Morgan fingerprint density at radius 3 is 2.71 bits per heavy atom. The SMILES string of the molecule is O=C(NCCc1ccc2c(c1)OCO2)Nc1ccccc1. The molecule has 0 fully saturated rings. The fourth-order valence-corrected chi connectivity index (χ4v) is 2.11. The summed E-state index contributed by atoms with van der Waals surface area (Å²) in [5.74, 6) is 1.54. The average Bonchev–Trinajstić information content (AvgIpc) is 2.96. The summed E-state index contributed by atoms with van der Waals surface area (Å²) in [6.45, 7) is 0.828. The van der Waals surface area contributed by atoms with Crippen molar-refractivity contribution in [2.45, 2.75) is 6.42 Å². The molecule has 2 N–H and O–H groups in total. The number of para-hydroxylation sites is 1. The fraction of sp³-hybridized carbons (Fsp3) is 0.188. The van der Waals surface area contributed by atoms with Gasteiger partial charge in [0.1, 0.15) is 0 Å². The highest BCUT2D eigenvalue weighted by molar-refractivity contribution is 5.89. The van der Waals surface area contributed by atoms with E-state index in [0.717, 1.165) is 29.2 Å². The summed E-state index contributed by atoms with van der Waals surface area (Å²) < 4.78 is 10.6. The number of rotatable bonds is 4. The first kappa shape index (κ1) is 13.3. The second-order valence-electron chi connectivity index (χ2n) is 4.68.